The lowest BCUT2D eigenvalue weighted by molar-refractivity contribution is -0.143. The molecule has 0 radical (unpaired) electrons. The monoisotopic (exact) mass is 405 g/mol. The second kappa shape index (κ2) is 6.98. The SMILES string of the molecule is O=c1[nH]nc(-c2cnc(NCc3cc(C(F)(F)F)cc(C(F)(F)F)c3)nc2)o1. The summed E-state index contributed by atoms with van der Waals surface area (Å²) in [7, 11) is 0. The fourth-order valence-electron chi connectivity index (χ4n) is 2.19. The lowest BCUT2D eigenvalue weighted by Crippen LogP contribution is -2.13. The second-order valence-corrected chi connectivity index (χ2v) is 5.48. The van der Waals surface area contributed by atoms with Crippen molar-refractivity contribution in [2.24, 2.45) is 0 Å². The highest BCUT2D eigenvalue weighted by atomic mass is 19.4. The molecule has 148 valence electrons. The predicted molar refractivity (Wildman–Crippen MR) is 81.9 cm³/mol. The summed E-state index contributed by atoms with van der Waals surface area (Å²) in [5.41, 5.74) is -2.84. The van der Waals surface area contributed by atoms with E-state index in [-0.39, 0.29) is 35.6 Å². The van der Waals surface area contributed by atoms with Crippen LogP contribution in [0.25, 0.3) is 11.5 Å². The van der Waals surface area contributed by atoms with Crippen LogP contribution in [0.2, 0.25) is 0 Å². The van der Waals surface area contributed by atoms with Crippen molar-refractivity contribution in [2.75, 3.05) is 5.32 Å². The van der Waals surface area contributed by atoms with Crippen LogP contribution >= 0.6 is 0 Å². The number of alkyl halides is 6. The van der Waals surface area contributed by atoms with E-state index in [2.05, 4.69) is 20.4 Å². The number of halogens is 6. The third-order valence-corrected chi connectivity index (χ3v) is 3.43. The Labute approximate surface area is 151 Å². The molecule has 0 spiro atoms. The van der Waals surface area contributed by atoms with Crippen molar-refractivity contribution in [3.63, 3.8) is 0 Å². The van der Waals surface area contributed by atoms with E-state index < -0.39 is 29.2 Å². The normalized spacial score (nSPS) is 12.2. The van der Waals surface area contributed by atoms with Crippen molar-refractivity contribution in [3.05, 3.63) is 57.8 Å². The van der Waals surface area contributed by atoms with Crippen molar-refractivity contribution in [1.29, 1.82) is 0 Å². The zero-order valence-corrected chi connectivity index (χ0v) is 13.5. The maximum atomic E-state index is 12.9. The number of nitrogens with zero attached hydrogens (tertiary/aromatic N) is 3. The van der Waals surface area contributed by atoms with E-state index in [0.29, 0.717) is 12.1 Å². The molecule has 0 unspecified atom stereocenters. The van der Waals surface area contributed by atoms with Crippen molar-refractivity contribution >= 4 is 5.95 Å². The van der Waals surface area contributed by atoms with Gasteiger partial charge in [-0.2, -0.15) is 26.3 Å². The smallest absolute Gasteiger partial charge is 0.388 e. The van der Waals surface area contributed by atoms with Crippen LogP contribution < -0.4 is 11.1 Å². The molecule has 0 aliphatic heterocycles. The molecule has 0 amide bonds. The maximum absolute atomic E-state index is 12.9. The van der Waals surface area contributed by atoms with Crippen LogP contribution in [-0.4, -0.2) is 20.2 Å². The lowest BCUT2D eigenvalue weighted by Gasteiger charge is -2.14. The third kappa shape index (κ3) is 4.47. The summed E-state index contributed by atoms with van der Waals surface area (Å²) in [5.74, 6) is -0.931. The Kier molecular flexibility index (Phi) is 4.83. The number of nitrogens with one attached hydrogen (secondary N) is 2. The van der Waals surface area contributed by atoms with Crippen LogP contribution in [0.5, 0.6) is 0 Å². The second-order valence-electron chi connectivity index (χ2n) is 5.48. The van der Waals surface area contributed by atoms with Crippen LogP contribution in [0.4, 0.5) is 32.3 Å². The first-order chi connectivity index (χ1) is 13.0. The molecule has 13 heteroatoms. The van der Waals surface area contributed by atoms with E-state index in [1.54, 1.807) is 0 Å². The fraction of sp³-hybridized carbons (Fsp3) is 0.200. The van der Waals surface area contributed by atoms with Gasteiger partial charge < -0.3 is 9.73 Å². The highest BCUT2D eigenvalue weighted by Gasteiger charge is 2.36. The van der Waals surface area contributed by atoms with Crippen LogP contribution in [-0.2, 0) is 18.9 Å². The van der Waals surface area contributed by atoms with Gasteiger partial charge >= 0.3 is 18.1 Å². The molecule has 0 saturated heterocycles. The summed E-state index contributed by atoms with van der Waals surface area (Å²) >= 11 is 0. The molecule has 0 aliphatic rings. The van der Waals surface area contributed by atoms with Crippen molar-refractivity contribution in [1.82, 2.24) is 20.2 Å². The number of benzene rings is 1. The first-order valence-electron chi connectivity index (χ1n) is 7.42. The van der Waals surface area contributed by atoms with E-state index in [0.717, 1.165) is 0 Å². The first kappa shape index (κ1) is 19.4. The number of rotatable bonds is 4. The molecular weight excluding hydrogens is 396 g/mol. The quantitative estimate of drug-likeness (QED) is 0.646. The van der Waals surface area contributed by atoms with Gasteiger partial charge in [-0.15, -0.1) is 5.10 Å². The molecule has 0 atom stereocenters. The van der Waals surface area contributed by atoms with Crippen LogP contribution in [0.15, 0.2) is 39.8 Å². The van der Waals surface area contributed by atoms with Crippen LogP contribution in [0, 0.1) is 0 Å². The van der Waals surface area contributed by atoms with Crippen molar-refractivity contribution < 1.29 is 30.8 Å². The molecule has 3 rings (SSSR count). The van der Waals surface area contributed by atoms with Gasteiger partial charge in [-0.25, -0.2) is 19.9 Å². The molecule has 1 aromatic carbocycles. The number of hydrogen-bond donors (Lipinski definition) is 2. The van der Waals surface area contributed by atoms with E-state index >= 15 is 0 Å². The summed E-state index contributed by atoms with van der Waals surface area (Å²) < 4.78 is 81.8. The minimum Gasteiger partial charge on any atom is -0.388 e. The molecule has 28 heavy (non-hydrogen) atoms. The zero-order chi connectivity index (χ0) is 20.5. The Morgan fingerprint density at radius 2 is 1.54 bits per heavy atom. The fourth-order valence-corrected chi connectivity index (χ4v) is 2.19. The van der Waals surface area contributed by atoms with Gasteiger partial charge in [0.1, 0.15) is 0 Å². The molecule has 3 aromatic rings. The number of aromatic amines is 1. The standard InChI is InChI=1S/C15H9F6N5O2/c16-14(17,18)9-1-7(2-10(3-9)15(19,20)21)4-22-12-23-5-8(6-24-12)11-25-26-13(27)28-11/h1-3,5-6H,4H2,(H,26,27)(H,22,23,24). The number of hydrogen-bond acceptors (Lipinski definition) is 6. The first-order valence-corrected chi connectivity index (χ1v) is 7.42. The molecule has 0 bridgehead atoms. The zero-order valence-electron chi connectivity index (χ0n) is 13.5. The lowest BCUT2D eigenvalue weighted by atomic mass is 10.0. The minimum absolute atomic E-state index is 0.0481. The van der Waals surface area contributed by atoms with Gasteiger partial charge in [0.2, 0.25) is 5.95 Å². The van der Waals surface area contributed by atoms with E-state index in [9.17, 15) is 31.1 Å². The Bertz CT molecular complexity index is 991. The average Bonchev–Trinajstić information content (AvgIpc) is 3.05. The van der Waals surface area contributed by atoms with E-state index in [1.165, 1.54) is 12.4 Å². The summed E-state index contributed by atoms with van der Waals surface area (Å²) in [6.45, 7) is -0.385. The van der Waals surface area contributed by atoms with Gasteiger partial charge in [0.05, 0.1) is 16.7 Å². The molecule has 0 saturated carbocycles. The van der Waals surface area contributed by atoms with E-state index in [4.69, 9.17) is 4.42 Å². The van der Waals surface area contributed by atoms with Gasteiger partial charge in [-0.1, -0.05) is 0 Å². The van der Waals surface area contributed by atoms with Gasteiger partial charge in [0, 0.05) is 18.9 Å². The van der Waals surface area contributed by atoms with Crippen molar-refractivity contribution in [3.8, 4) is 11.5 Å². The Hall–Kier alpha value is -3.38. The molecule has 2 aromatic heterocycles. The van der Waals surface area contributed by atoms with Crippen LogP contribution in [0.1, 0.15) is 16.7 Å². The van der Waals surface area contributed by atoms with Gasteiger partial charge in [-0.3, -0.25) is 0 Å². The van der Waals surface area contributed by atoms with Crippen molar-refractivity contribution in [2.45, 2.75) is 18.9 Å². The largest absolute Gasteiger partial charge is 0.434 e. The molecule has 2 heterocycles. The minimum atomic E-state index is -4.93. The third-order valence-electron chi connectivity index (χ3n) is 3.43. The summed E-state index contributed by atoms with van der Waals surface area (Å²) in [4.78, 5) is 18.6. The highest BCUT2D eigenvalue weighted by molar-refractivity contribution is 5.50. The number of H-pyrrole nitrogens is 1. The number of anilines is 1. The molecular formula is C15H9F6N5O2. The summed E-state index contributed by atoms with van der Waals surface area (Å²) in [5, 5.41) is 8.12. The molecule has 0 aliphatic carbocycles. The molecule has 0 fully saturated rings. The molecule has 7 nitrogen and oxygen atoms in total. The number of aromatic nitrogens is 4. The topological polar surface area (TPSA) is 96.7 Å². The summed E-state index contributed by atoms with van der Waals surface area (Å²) in [6.07, 6.45) is -7.44. The summed E-state index contributed by atoms with van der Waals surface area (Å²) in [6, 6.07) is 1.26. The van der Waals surface area contributed by atoms with Crippen LogP contribution in [0.3, 0.4) is 0 Å². The van der Waals surface area contributed by atoms with E-state index in [1.807, 2.05) is 5.10 Å². The average molecular weight is 405 g/mol. The Balaban J connectivity index is 1.79. The Morgan fingerprint density at radius 3 is 2.00 bits per heavy atom. The van der Waals surface area contributed by atoms with Gasteiger partial charge in [0.15, 0.2) is 0 Å². The Morgan fingerprint density at radius 1 is 0.964 bits per heavy atom. The maximum Gasteiger partial charge on any atom is 0.434 e. The highest BCUT2D eigenvalue weighted by Crippen LogP contribution is 2.36. The molecule has 2 N–H and O–H groups in total. The van der Waals surface area contributed by atoms with Gasteiger partial charge in [0.25, 0.3) is 5.89 Å². The predicted octanol–water partition coefficient (Wildman–Crippen LogP) is 3.47. The van der Waals surface area contributed by atoms with Gasteiger partial charge in [-0.05, 0) is 23.8 Å².